The van der Waals surface area contributed by atoms with Crippen LogP contribution in [0.25, 0.3) is 0 Å². The summed E-state index contributed by atoms with van der Waals surface area (Å²) in [6, 6.07) is 7.58. The number of benzene rings is 1. The van der Waals surface area contributed by atoms with Crippen molar-refractivity contribution in [2.75, 3.05) is 29.5 Å². The largest absolute Gasteiger partial charge is 0.368 e. The first-order valence-electron chi connectivity index (χ1n) is 10.3. The van der Waals surface area contributed by atoms with Crippen LogP contribution in [0, 0.1) is 18.3 Å². The highest BCUT2D eigenvalue weighted by Gasteiger charge is 2.19. The molecule has 1 aromatic heterocycles. The molecule has 0 aliphatic carbocycles. The number of hydrogen-bond donors (Lipinski definition) is 3. The number of pyridine rings is 1. The molecule has 0 bridgehead atoms. The molecule has 0 aliphatic heterocycles. The number of nitrogens with zero attached hydrogens (tertiary/aromatic N) is 4. The highest BCUT2D eigenvalue weighted by atomic mass is 32.2. The van der Waals surface area contributed by atoms with Crippen LogP contribution >= 0.6 is 0 Å². The number of aromatic nitrogens is 1. The third-order valence-corrected chi connectivity index (χ3v) is 6.87. The quantitative estimate of drug-likeness (QED) is 0.217. The molecule has 1 heterocycles. The lowest BCUT2D eigenvalue weighted by Gasteiger charge is -2.15. The van der Waals surface area contributed by atoms with E-state index >= 15 is 0 Å². The number of nitriles is 1. The molecule has 0 saturated carbocycles. The molecule has 0 atom stereocenters. The number of rotatable bonds is 12. The van der Waals surface area contributed by atoms with Crippen LogP contribution in [0.5, 0.6) is 0 Å². The summed E-state index contributed by atoms with van der Waals surface area (Å²) in [4.78, 5) is 4.01. The van der Waals surface area contributed by atoms with Crippen LogP contribution in [-0.2, 0) is 20.0 Å². The number of nitrogens with one attached hydrogen (secondary N) is 2. The second-order valence-corrected chi connectivity index (χ2v) is 10.6. The van der Waals surface area contributed by atoms with Crippen molar-refractivity contribution in [3.05, 3.63) is 47.4 Å². The van der Waals surface area contributed by atoms with Gasteiger partial charge in [-0.2, -0.15) is 13.7 Å². The molecule has 0 amide bonds. The zero-order valence-corrected chi connectivity index (χ0v) is 20.4. The first-order chi connectivity index (χ1) is 16.0. The van der Waals surface area contributed by atoms with Crippen molar-refractivity contribution in [1.82, 2.24) is 4.98 Å². The van der Waals surface area contributed by atoms with Gasteiger partial charge >= 0.3 is 0 Å². The molecule has 0 saturated heterocycles. The molecule has 13 heteroatoms. The molecular weight excluding hydrogens is 480 g/mol. The van der Waals surface area contributed by atoms with Crippen molar-refractivity contribution < 1.29 is 21.4 Å². The van der Waals surface area contributed by atoms with E-state index in [4.69, 9.17) is 0 Å². The van der Waals surface area contributed by atoms with Gasteiger partial charge in [0.1, 0.15) is 28.2 Å². The highest BCUT2D eigenvalue weighted by molar-refractivity contribution is 7.94. The van der Waals surface area contributed by atoms with Gasteiger partial charge in [0.15, 0.2) is 15.7 Å². The van der Waals surface area contributed by atoms with Crippen LogP contribution in [0.3, 0.4) is 0 Å². The fourth-order valence-corrected chi connectivity index (χ4v) is 4.02. The third kappa shape index (κ3) is 7.08. The summed E-state index contributed by atoms with van der Waals surface area (Å²) in [7, 11) is -7.96. The molecule has 1 aromatic carbocycles. The maximum atomic E-state index is 11.7. The molecular formula is C21H26N6O5S2. The lowest BCUT2D eigenvalue weighted by atomic mass is 10.1. The highest BCUT2D eigenvalue weighted by Crippen LogP contribution is 2.35. The van der Waals surface area contributed by atoms with Gasteiger partial charge in [0, 0.05) is 24.1 Å². The summed E-state index contributed by atoms with van der Waals surface area (Å²) in [5.41, 5.74) is 0.661. The lowest BCUT2D eigenvalue weighted by Crippen LogP contribution is -2.16. The summed E-state index contributed by atoms with van der Waals surface area (Å²) in [6.07, 6.45) is 1.73. The van der Waals surface area contributed by atoms with Gasteiger partial charge in [0.05, 0.1) is 11.3 Å². The summed E-state index contributed by atoms with van der Waals surface area (Å²) in [5.74, 6) is 0.233. The van der Waals surface area contributed by atoms with Gasteiger partial charge in [0.25, 0.3) is 10.1 Å². The molecule has 0 spiro atoms. The fourth-order valence-electron chi connectivity index (χ4n) is 2.84. The smallest absolute Gasteiger partial charge is 0.296 e. The van der Waals surface area contributed by atoms with Crippen molar-refractivity contribution >= 4 is 43.0 Å². The van der Waals surface area contributed by atoms with Gasteiger partial charge in [0.2, 0.25) is 0 Å². The van der Waals surface area contributed by atoms with E-state index in [-0.39, 0.29) is 40.9 Å². The second kappa shape index (κ2) is 11.7. The van der Waals surface area contributed by atoms with Crippen molar-refractivity contribution in [2.24, 2.45) is 10.2 Å². The number of azo groups is 1. The van der Waals surface area contributed by atoms with E-state index in [1.165, 1.54) is 18.2 Å². The molecule has 0 unspecified atom stereocenters. The Morgan fingerprint density at radius 3 is 2.44 bits per heavy atom. The first kappa shape index (κ1) is 26.9. The maximum Gasteiger partial charge on any atom is 0.296 e. The van der Waals surface area contributed by atoms with Crippen LogP contribution in [0.1, 0.15) is 30.9 Å². The Kier molecular flexibility index (Phi) is 9.25. The summed E-state index contributed by atoms with van der Waals surface area (Å²) < 4.78 is 56.1. The van der Waals surface area contributed by atoms with Crippen LogP contribution < -0.4 is 10.6 Å². The predicted molar refractivity (Wildman–Crippen MR) is 130 cm³/mol. The summed E-state index contributed by atoms with van der Waals surface area (Å²) in [5, 5.41) is 24.7. The zero-order valence-electron chi connectivity index (χ0n) is 18.8. The average molecular weight is 507 g/mol. The molecule has 3 N–H and O–H groups in total. The molecule has 2 aromatic rings. The van der Waals surface area contributed by atoms with Gasteiger partial charge in [-0.05, 0) is 25.5 Å². The maximum absolute atomic E-state index is 11.7. The van der Waals surface area contributed by atoms with Crippen LogP contribution in [0.4, 0.5) is 23.0 Å². The fraction of sp³-hybridized carbons (Fsp3) is 0.333. The Balaban J connectivity index is 2.53. The number of hydrogen-bond acceptors (Lipinski definition) is 10. The predicted octanol–water partition coefficient (Wildman–Crippen LogP) is 4.11. The number of anilines is 2. The zero-order chi connectivity index (χ0) is 25.4. The Hall–Kier alpha value is -3.34. The molecule has 0 fully saturated rings. The first-order valence-corrected chi connectivity index (χ1v) is 13.5. The van der Waals surface area contributed by atoms with E-state index in [1.54, 1.807) is 13.0 Å². The standard InChI is InChI=1S/C21H26N6O5S2/c1-4-6-11-23-21-19(27-26-17-9-7-8-10-18(17)34(30,31)32)15(3)16(14-22)20(25-21)24-12-13-33(28,29)5-2/h5,7-10H,2,4,6,11-13H2,1,3H3,(H2,23,24,25)(H,30,31,32)/b27-26+. The van der Waals surface area contributed by atoms with E-state index in [0.29, 0.717) is 12.1 Å². The second-order valence-electron chi connectivity index (χ2n) is 7.15. The number of unbranched alkanes of at least 4 members (excludes halogenated alkanes) is 1. The van der Waals surface area contributed by atoms with Crippen molar-refractivity contribution in [3.8, 4) is 6.07 Å². The molecule has 34 heavy (non-hydrogen) atoms. The third-order valence-electron chi connectivity index (χ3n) is 4.68. The summed E-state index contributed by atoms with van der Waals surface area (Å²) in [6.45, 7) is 7.46. The molecule has 182 valence electrons. The Morgan fingerprint density at radius 2 is 1.82 bits per heavy atom. The SMILES string of the molecule is C=CS(=O)(=O)CCNc1nc(NCCCC)c(/N=N/c2ccccc2S(=O)(=O)O)c(C)c1C#N. The minimum absolute atomic E-state index is 0.00642. The minimum Gasteiger partial charge on any atom is -0.368 e. The lowest BCUT2D eigenvalue weighted by molar-refractivity contribution is 0.483. The van der Waals surface area contributed by atoms with Crippen molar-refractivity contribution in [3.63, 3.8) is 0 Å². The summed E-state index contributed by atoms with van der Waals surface area (Å²) >= 11 is 0. The molecule has 11 nitrogen and oxygen atoms in total. The van der Waals surface area contributed by atoms with Gasteiger partial charge < -0.3 is 10.6 Å². The van der Waals surface area contributed by atoms with Crippen molar-refractivity contribution in [1.29, 1.82) is 5.26 Å². The molecule has 0 radical (unpaired) electrons. The van der Waals surface area contributed by atoms with Gasteiger partial charge in [-0.1, -0.05) is 32.1 Å². The van der Waals surface area contributed by atoms with Crippen molar-refractivity contribution in [2.45, 2.75) is 31.6 Å². The normalized spacial score (nSPS) is 11.8. The van der Waals surface area contributed by atoms with Crippen LogP contribution in [0.15, 0.2) is 51.4 Å². The molecule has 0 aliphatic rings. The van der Waals surface area contributed by atoms with E-state index in [1.807, 2.05) is 13.0 Å². The topological polar surface area (TPSA) is 174 Å². The van der Waals surface area contributed by atoms with E-state index in [0.717, 1.165) is 18.2 Å². The molecule has 2 rings (SSSR count). The average Bonchev–Trinajstić information content (AvgIpc) is 2.78. The Bertz CT molecular complexity index is 1330. The van der Waals surface area contributed by atoms with Gasteiger partial charge in [-0.3, -0.25) is 4.55 Å². The van der Waals surface area contributed by atoms with Gasteiger partial charge in [-0.25, -0.2) is 13.4 Å². The monoisotopic (exact) mass is 506 g/mol. The van der Waals surface area contributed by atoms with Gasteiger partial charge in [-0.15, -0.1) is 10.2 Å². The van der Waals surface area contributed by atoms with E-state index in [2.05, 4.69) is 32.4 Å². The van der Waals surface area contributed by atoms with Crippen LogP contribution in [0.2, 0.25) is 0 Å². The van der Waals surface area contributed by atoms with E-state index in [9.17, 15) is 26.7 Å². The van der Waals surface area contributed by atoms with Crippen LogP contribution in [-0.4, -0.2) is 45.2 Å². The number of sulfone groups is 1. The Morgan fingerprint density at radius 1 is 1.15 bits per heavy atom. The van der Waals surface area contributed by atoms with E-state index < -0.39 is 24.9 Å². The Labute approximate surface area is 199 Å². The minimum atomic E-state index is -4.52.